The Morgan fingerprint density at radius 3 is 2.50 bits per heavy atom. The first-order valence-electron chi connectivity index (χ1n) is 7.31. The van der Waals surface area contributed by atoms with Gasteiger partial charge in [-0.15, -0.1) is 0 Å². The van der Waals surface area contributed by atoms with Crippen LogP contribution in [0.1, 0.15) is 16.9 Å². The highest BCUT2D eigenvalue weighted by atomic mass is 32.2. The van der Waals surface area contributed by atoms with Crippen LogP contribution in [0.25, 0.3) is 11.5 Å². The first kappa shape index (κ1) is 18.1. The van der Waals surface area contributed by atoms with E-state index in [1.54, 1.807) is 19.1 Å². The third-order valence-corrected chi connectivity index (χ3v) is 4.97. The van der Waals surface area contributed by atoms with Crippen molar-refractivity contribution in [3.8, 4) is 11.5 Å². The molecule has 0 aliphatic carbocycles. The molecule has 2 heterocycles. The molecule has 1 aromatic carbocycles. The zero-order chi connectivity index (χ0) is 19.1. The molecule has 0 aliphatic heterocycles. The lowest BCUT2D eigenvalue weighted by Gasteiger charge is -2.10. The van der Waals surface area contributed by atoms with E-state index in [-0.39, 0.29) is 11.5 Å². The zero-order valence-corrected chi connectivity index (χ0v) is 14.4. The molecule has 26 heavy (non-hydrogen) atoms. The quantitative estimate of drug-likeness (QED) is 0.720. The molecule has 0 spiro atoms. The van der Waals surface area contributed by atoms with E-state index in [0.29, 0.717) is 11.8 Å². The van der Waals surface area contributed by atoms with Gasteiger partial charge in [0.25, 0.3) is 10.0 Å². The van der Waals surface area contributed by atoms with Crippen LogP contribution in [-0.2, 0) is 16.2 Å². The van der Waals surface area contributed by atoms with E-state index in [2.05, 4.69) is 14.4 Å². The lowest BCUT2D eigenvalue weighted by Crippen LogP contribution is -2.13. The molecule has 0 radical (unpaired) electrons. The van der Waals surface area contributed by atoms with Gasteiger partial charge in [-0.1, -0.05) is 17.3 Å². The number of aryl methyl sites for hydroxylation is 1. The van der Waals surface area contributed by atoms with E-state index < -0.39 is 27.1 Å². The molecule has 0 bridgehead atoms. The molecular formula is C16H13F3N2O4S. The summed E-state index contributed by atoms with van der Waals surface area (Å²) in [6, 6.07) is 8.09. The summed E-state index contributed by atoms with van der Waals surface area (Å²) in [5, 5.41) is 2.80. The van der Waals surface area contributed by atoms with E-state index in [4.69, 9.17) is 4.42 Å². The predicted octanol–water partition coefficient (Wildman–Crippen LogP) is 4.37. The summed E-state index contributed by atoms with van der Waals surface area (Å²) >= 11 is 0. The van der Waals surface area contributed by atoms with Crippen LogP contribution in [0.5, 0.6) is 0 Å². The Hall–Kier alpha value is -2.75. The van der Waals surface area contributed by atoms with Gasteiger partial charge in [0.15, 0.2) is 5.76 Å². The van der Waals surface area contributed by atoms with Crippen molar-refractivity contribution in [2.45, 2.75) is 25.1 Å². The first-order chi connectivity index (χ1) is 12.1. The van der Waals surface area contributed by atoms with E-state index >= 15 is 0 Å². The third kappa shape index (κ3) is 3.45. The van der Waals surface area contributed by atoms with Crippen LogP contribution in [0.2, 0.25) is 0 Å². The van der Waals surface area contributed by atoms with Gasteiger partial charge in [0, 0.05) is 6.07 Å². The second-order valence-electron chi connectivity index (χ2n) is 5.55. The molecule has 1 N–H and O–H groups in total. The maximum absolute atomic E-state index is 12.6. The minimum absolute atomic E-state index is 0.161. The van der Waals surface area contributed by atoms with Gasteiger partial charge in [-0.25, -0.2) is 0 Å². The Morgan fingerprint density at radius 2 is 1.85 bits per heavy atom. The summed E-state index contributed by atoms with van der Waals surface area (Å²) in [6.45, 7) is 3.59. The highest BCUT2D eigenvalue weighted by molar-refractivity contribution is 7.92. The number of hydrogen-bond acceptors (Lipinski definition) is 5. The number of halogens is 3. The number of aromatic nitrogens is 1. The van der Waals surface area contributed by atoms with Gasteiger partial charge in [-0.3, -0.25) is 4.72 Å². The van der Waals surface area contributed by atoms with Crippen LogP contribution in [0.3, 0.4) is 0 Å². The van der Waals surface area contributed by atoms with Crippen LogP contribution >= 0.6 is 0 Å². The van der Waals surface area contributed by atoms with Crippen molar-refractivity contribution >= 4 is 15.7 Å². The summed E-state index contributed by atoms with van der Waals surface area (Å²) < 4.78 is 74.3. The summed E-state index contributed by atoms with van der Waals surface area (Å²) in [7, 11) is -4.06. The number of furan rings is 1. The van der Waals surface area contributed by atoms with Crippen molar-refractivity contribution < 1.29 is 30.5 Å². The number of sulfonamides is 1. The fourth-order valence-electron chi connectivity index (χ4n) is 2.18. The van der Waals surface area contributed by atoms with Crippen molar-refractivity contribution in [1.29, 1.82) is 0 Å². The Morgan fingerprint density at radius 1 is 1.12 bits per heavy atom. The number of benzene rings is 1. The summed E-state index contributed by atoms with van der Waals surface area (Å²) in [6.07, 6.45) is -4.70. The molecular weight excluding hydrogens is 373 g/mol. The second kappa shape index (κ2) is 6.20. The lowest BCUT2D eigenvalue weighted by atomic mass is 10.1. The minimum atomic E-state index is -4.70. The molecule has 138 valence electrons. The molecule has 3 aromatic rings. The van der Waals surface area contributed by atoms with Crippen LogP contribution in [0, 0.1) is 13.8 Å². The van der Waals surface area contributed by atoms with E-state index in [1.165, 1.54) is 6.07 Å². The van der Waals surface area contributed by atoms with E-state index in [9.17, 15) is 21.6 Å². The molecule has 0 fully saturated rings. The average molecular weight is 386 g/mol. The molecule has 0 saturated heterocycles. The van der Waals surface area contributed by atoms with Crippen molar-refractivity contribution in [1.82, 2.24) is 5.16 Å². The lowest BCUT2D eigenvalue weighted by molar-refractivity contribution is -0.155. The fraction of sp³-hybridized carbons (Fsp3) is 0.188. The molecule has 0 atom stereocenters. The maximum atomic E-state index is 12.6. The third-order valence-electron chi connectivity index (χ3n) is 3.74. The second-order valence-corrected chi connectivity index (χ2v) is 7.16. The topological polar surface area (TPSA) is 85.3 Å². The summed E-state index contributed by atoms with van der Waals surface area (Å²) in [4.78, 5) is 0. The predicted molar refractivity (Wildman–Crippen MR) is 85.9 cm³/mol. The van der Waals surface area contributed by atoms with Gasteiger partial charge in [0.2, 0.25) is 10.9 Å². The Kier molecular flexibility index (Phi) is 4.31. The molecule has 0 aliphatic rings. The standard InChI is InChI=1S/C16H13F3N2O4S/c1-9-4-3-5-11(10(9)2)21-26(22,23)15-7-6-13(24-15)12-8-14(25-20-12)16(17,18)19/h3-8,21H,1-2H3. The average Bonchev–Trinajstić information content (AvgIpc) is 3.19. The number of nitrogens with zero attached hydrogens (tertiary/aromatic N) is 1. The number of anilines is 1. The van der Waals surface area contributed by atoms with E-state index in [1.807, 2.05) is 13.0 Å². The monoisotopic (exact) mass is 386 g/mol. The number of hydrogen-bond donors (Lipinski definition) is 1. The van der Waals surface area contributed by atoms with Crippen LogP contribution < -0.4 is 4.72 Å². The molecule has 3 rings (SSSR count). The first-order valence-corrected chi connectivity index (χ1v) is 8.79. The normalized spacial score (nSPS) is 12.3. The Labute approximate surface area is 146 Å². The molecule has 2 aromatic heterocycles. The largest absolute Gasteiger partial charge is 0.452 e. The SMILES string of the molecule is Cc1cccc(NS(=O)(=O)c2ccc(-c3cc(C(F)(F)F)on3)o2)c1C. The van der Waals surface area contributed by atoms with Gasteiger partial charge in [0.1, 0.15) is 5.69 Å². The van der Waals surface area contributed by atoms with Crippen molar-refractivity contribution in [2.75, 3.05) is 4.72 Å². The minimum Gasteiger partial charge on any atom is -0.441 e. The zero-order valence-electron chi connectivity index (χ0n) is 13.6. The van der Waals surface area contributed by atoms with Crippen LogP contribution in [0.4, 0.5) is 18.9 Å². The number of rotatable bonds is 4. The van der Waals surface area contributed by atoms with Crippen LogP contribution in [-0.4, -0.2) is 13.6 Å². The maximum Gasteiger partial charge on any atom is 0.452 e. The molecule has 0 unspecified atom stereocenters. The smallest absolute Gasteiger partial charge is 0.441 e. The summed E-state index contributed by atoms with van der Waals surface area (Å²) in [5.41, 5.74) is 1.76. The van der Waals surface area contributed by atoms with Crippen molar-refractivity contribution in [3.05, 3.63) is 53.3 Å². The number of nitrogens with one attached hydrogen (secondary N) is 1. The van der Waals surface area contributed by atoms with Crippen molar-refractivity contribution in [3.63, 3.8) is 0 Å². The molecule has 6 nitrogen and oxygen atoms in total. The fourth-order valence-corrected chi connectivity index (χ4v) is 3.24. The van der Waals surface area contributed by atoms with Gasteiger partial charge < -0.3 is 8.94 Å². The van der Waals surface area contributed by atoms with Crippen LogP contribution in [0.15, 0.2) is 50.4 Å². The molecule has 10 heteroatoms. The van der Waals surface area contributed by atoms with Gasteiger partial charge in [0.05, 0.1) is 5.69 Å². The Bertz CT molecular complexity index is 1050. The molecule has 0 amide bonds. The van der Waals surface area contributed by atoms with Crippen molar-refractivity contribution in [2.24, 2.45) is 0 Å². The highest BCUT2D eigenvalue weighted by Gasteiger charge is 2.36. The highest BCUT2D eigenvalue weighted by Crippen LogP contribution is 2.33. The molecule has 0 saturated carbocycles. The summed E-state index contributed by atoms with van der Waals surface area (Å²) in [5.74, 6) is -1.47. The van der Waals surface area contributed by atoms with Gasteiger partial charge >= 0.3 is 6.18 Å². The van der Waals surface area contributed by atoms with E-state index in [0.717, 1.165) is 17.2 Å². The van der Waals surface area contributed by atoms with Gasteiger partial charge in [-0.2, -0.15) is 21.6 Å². The number of alkyl halides is 3. The Balaban J connectivity index is 1.89. The van der Waals surface area contributed by atoms with Gasteiger partial charge in [-0.05, 0) is 43.2 Å².